The van der Waals surface area contributed by atoms with E-state index in [4.69, 9.17) is 5.73 Å². The third-order valence-electron chi connectivity index (χ3n) is 5.27. The van der Waals surface area contributed by atoms with Gasteiger partial charge in [0.25, 0.3) is 0 Å². The number of nitrogens with two attached hydrogens (primary N) is 1. The lowest BCUT2D eigenvalue weighted by molar-refractivity contribution is 0.244. The van der Waals surface area contributed by atoms with Crippen LogP contribution in [0.3, 0.4) is 0 Å². The molecule has 3 rings (SSSR count). The van der Waals surface area contributed by atoms with Crippen molar-refractivity contribution in [2.45, 2.75) is 56.4 Å². The Kier molecular flexibility index (Phi) is 3.30. The van der Waals surface area contributed by atoms with Gasteiger partial charge in [-0.05, 0) is 54.4 Å². The standard InChI is InChI=1S/C17H26N2/c1-19(2)13-6-7-14-15(12-13)17(11-8-16(14)18)9-4-3-5-10-17/h6-7,12,16H,3-5,8-11,18H2,1-2H3. The Morgan fingerprint density at radius 2 is 1.84 bits per heavy atom. The van der Waals surface area contributed by atoms with Gasteiger partial charge in [0.2, 0.25) is 0 Å². The molecule has 1 aromatic rings. The van der Waals surface area contributed by atoms with Gasteiger partial charge in [-0.2, -0.15) is 0 Å². The number of fused-ring (bicyclic) bond motifs is 2. The molecule has 0 aliphatic heterocycles. The van der Waals surface area contributed by atoms with E-state index in [0.29, 0.717) is 5.41 Å². The molecule has 2 aliphatic rings. The second-order valence-corrected chi connectivity index (χ2v) is 6.65. The molecule has 1 saturated carbocycles. The smallest absolute Gasteiger partial charge is 0.0364 e. The van der Waals surface area contributed by atoms with E-state index in [1.165, 1.54) is 49.8 Å². The first kappa shape index (κ1) is 13.0. The van der Waals surface area contributed by atoms with Crippen LogP contribution >= 0.6 is 0 Å². The van der Waals surface area contributed by atoms with Gasteiger partial charge >= 0.3 is 0 Å². The van der Waals surface area contributed by atoms with Crippen molar-refractivity contribution in [3.63, 3.8) is 0 Å². The van der Waals surface area contributed by atoms with Crippen molar-refractivity contribution >= 4 is 5.69 Å². The Hall–Kier alpha value is -1.02. The second-order valence-electron chi connectivity index (χ2n) is 6.65. The molecule has 0 aromatic heterocycles. The van der Waals surface area contributed by atoms with Gasteiger partial charge in [0.15, 0.2) is 0 Å². The molecule has 2 nitrogen and oxygen atoms in total. The summed E-state index contributed by atoms with van der Waals surface area (Å²) in [6.45, 7) is 0. The van der Waals surface area contributed by atoms with Gasteiger partial charge in [-0.1, -0.05) is 25.3 Å². The summed E-state index contributed by atoms with van der Waals surface area (Å²) in [6.07, 6.45) is 9.37. The SMILES string of the molecule is CN(C)c1ccc2c(c1)C1(CCCCC1)CCC2N. The summed E-state index contributed by atoms with van der Waals surface area (Å²) in [5.41, 5.74) is 11.1. The molecule has 0 heterocycles. The van der Waals surface area contributed by atoms with Gasteiger partial charge in [-0.15, -0.1) is 0 Å². The maximum absolute atomic E-state index is 6.35. The zero-order chi connectivity index (χ0) is 13.5. The van der Waals surface area contributed by atoms with Crippen LogP contribution in [0.15, 0.2) is 18.2 Å². The molecular weight excluding hydrogens is 232 g/mol. The van der Waals surface area contributed by atoms with Gasteiger partial charge in [-0.25, -0.2) is 0 Å². The fraction of sp³-hybridized carbons (Fsp3) is 0.647. The minimum absolute atomic E-state index is 0.249. The summed E-state index contributed by atoms with van der Waals surface area (Å²) in [7, 11) is 4.25. The molecule has 0 amide bonds. The Morgan fingerprint density at radius 1 is 1.11 bits per heavy atom. The van der Waals surface area contributed by atoms with E-state index in [0.717, 1.165) is 6.42 Å². The highest BCUT2D eigenvalue weighted by molar-refractivity contribution is 5.54. The quantitative estimate of drug-likeness (QED) is 0.831. The predicted molar refractivity (Wildman–Crippen MR) is 81.7 cm³/mol. The van der Waals surface area contributed by atoms with Gasteiger partial charge in [0.1, 0.15) is 0 Å². The van der Waals surface area contributed by atoms with E-state index < -0.39 is 0 Å². The topological polar surface area (TPSA) is 29.3 Å². The van der Waals surface area contributed by atoms with E-state index in [-0.39, 0.29) is 6.04 Å². The van der Waals surface area contributed by atoms with Crippen molar-refractivity contribution in [2.75, 3.05) is 19.0 Å². The van der Waals surface area contributed by atoms with Crippen LogP contribution in [0.5, 0.6) is 0 Å². The largest absolute Gasteiger partial charge is 0.378 e. The van der Waals surface area contributed by atoms with Crippen LogP contribution in [-0.4, -0.2) is 14.1 Å². The van der Waals surface area contributed by atoms with Crippen LogP contribution in [0, 0.1) is 0 Å². The molecule has 1 spiro atoms. The Bertz CT molecular complexity index is 458. The fourth-order valence-electron chi connectivity index (χ4n) is 4.07. The molecule has 1 unspecified atom stereocenters. The zero-order valence-electron chi connectivity index (χ0n) is 12.3. The van der Waals surface area contributed by atoms with Gasteiger partial charge in [-0.3, -0.25) is 0 Å². The molecule has 1 fully saturated rings. The molecule has 0 saturated heterocycles. The van der Waals surface area contributed by atoms with Crippen molar-refractivity contribution in [2.24, 2.45) is 5.73 Å². The molecule has 2 heteroatoms. The zero-order valence-corrected chi connectivity index (χ0v) is 12.3. The lowest BCUT2D eigenvalue weighted by Crippen LogP contribution is -2.36. The van der Waals surface area contributed by atoms with Gasteiger partial charge in [0, 0.05) is 25.8 Å². The molecule has 0 radical (unpaired) electrons. The first-order chi connectivity index (χ1) is 9.12. The fourth-order valence-corrected chi connectivity index (χ4v) is 4.07. The van der Waals surface area contributed by atoms with E-state index >= 15 is 0 Å². The Morgan fingerprint density at radius 3 is 2.53 bits per heavy atom. The molecule has 1 aromatic carbocycles. The van der Waals surface area contributed by atoms with Crippen LogP contribution in [0.25, 0.3) is 0 Å². The van der Waals surface area contributed by atoms with Gasteiger partial charge < -0.3 is 10.6 Å². The maximum atomic E-state index is 6.35. The minimum Gasteiger partial charge on any atom is -0.378 e. The van der Waals surface area contributed by atoms with Crippen LogP contribution in [0.2, 0.25) is 0 Å². The number of hydrogen-bond donors (Lipinski definition) is 1. The predicted octanol–water partition coefficient (Wildman–Crippen LogP) is 3.75. The Balaban J connectivity index is 2.08. The highest BCUT2D eigenvalue weighted by atomic mass is 15.1. The monoisotopic (exact) mass is 258 g/mol. The summed E-state index contributed by atoms with van der Waals surface area (Å²) in [5.74, 6) is 0. The highest BCUT2D eigenvalue weighted by Gasteiger charge is 2.39. The average Bonchev–Trinajstić information content (AvgIpc) is 2.44. The number of benzene rings is 1. The number of nitrogens with zero attached hydrogens (tertiary/aromatic N) is 1. The molecule has 1 atom stereocenters. The maximum Gasteiger partial charge on any atom is 0.0364 e. The van der Waals surface area contributed by atoms with Crippen LogP contribution in [-0.2, 0) is 5.41 Å². The summed E-state index contributed by atoms with van der Waals surface area (Å²) >= 11 is 0. The van der Waals surface area contributed by atoms with Crippen molar-refractivity contribution < 1.29 is 0 Å². The van der Waals surface area contributed by atoms with Crippen LogP contribution in [0.1, 0.15) is 62.1 Å². The minimum atomic E-state index is 0.249. The number of anilines is 1. The molecule has 2 N–H and O–H groups in total. The van der Waals surface area contributed by atoms with Crippen molar-refractivity contribution in [1.29, 1.82) is 0 Å². The molecule has 0 bridgehead atoms. The van der Waals surface area contributed by atoms with E-state index in [9.17, 15) is 0 Å². The van der Waals surface area contributed by atoms with Crippen molar-refractivity contribution in [1.82, 2.24) is 0 Å². The van der Waals surface area contributed by atoms with Crippen molar-refractivity contribution in [3.05, 3.63) is 29.3 Å². The number of hydrogen-bond acceptors (Lipinski definition) is 2. The average molecular weight is 258 g/mol. The third-order valence-corrected chi connectivity index (χ3v) is 5.27. The Labute approximate surface area is 117 Å². The summed E-state index contributed by atoms with van der Waals surface area (Å²) in [4.78, 5) is 2.21. The molecule has 104 valence electrons. The second kappa shape index (κ2) is 4.82. The molecule has 2 aliphatic carbocycles. The summed E-state index contributed by atoms with van der Waals surface area (Å²) in [6, 6.07) is 7.17. The van der Waals surface area contributed by atoms with Crippen molar-refractivity contribution in [3.8, 4) is 0 Å². The third kappa shape index (κ3) is 2.16. The first-order valence-corrected chi connectivity index (χ1v) is 7.70. The van der Waals surface area contributed by atoms with Gasteiger partial charge in [0.05, 0.1) is 0 Å². The normalized spacial score (nSPS) is 25.1. The summed E-state index contributed by atoms with van der Waals surface area (Å²) in [5, 5.41) is 0. The lowest BCUT2D eigenvalue weighted by atomic mass is 9.61. The van der Waals surface area contributed by atoms with E-state index in [2.05, 4.69) is 37.2 Å². The number of rotatable bonds is 1. The molecular formula is C17H26N2. The molecule has 19 heavy (non-hydrogen) atoms. The van der Waals surface area contributed by atoms with E-state index in [1.807, 2.05) is 0 Å². The van der Waals surface area contributed by atoms with E-state index in [1.54, 1.807) is 5.56 Å². The van der Waals surface area contributed by atoms with Crippen LogP contribution < -0.4 is 10.6 Å². The highest BCUT2D eigenvalue weighted by Crippen LogP contribution is 2.50. The van der Waals surface area contributed by atoms with Crippen LogP contribution in [0.4, 0.5) is 5.69 Å². The summed E-state index contributed by atoms with van der Waals surface area (Å²) < 4.78 is 0. The lowest BCUT2D eigenvalue weighted by Gasteiger charge is -2.44. The first-order valence-electron chi connectivity index (χ1n) is 7.70.